The molecule has 3 rings (SSSR count). The third kappa shape index (κ3) is 4.61. The molecule has 1 aliphatic rings. The third-order valence-electron chi connectivity index (χ3n) is 4.08. The van der Waals surface area contributed by atoms with E-state index < -0.39 is 0 Å². The molecule has 5 nitrogen and oxygen atoms in total. The summed E-state index contributed by atoms with van der Waals surface area (Å²) in [4.78, 5) is 18.4. The molecule has 0 bridgehead atoms. The number of nitrogens with two attached hydrogens (primary N) is 1. The highest BCUT2D eigenvalue weighted by molar-refractivity contribution is 7.13. The predicted molar refractivity (Wildman–Crippen MR) is 96.5 cm³/mol. The van der Waals surface area contributed by atoms with Crippen LogP contribution < -0.4 is 10.5 Å². The lowest BCUT2D eigenvalue weighted by atomic mass is 10.1. The molecule has 0 aliphatic carbocycles. The molecule has 2 heterocycles. The fourth-order valence-electron chi connectivity index (χ4n) is 2.76. The smallest absolute Gasteiger partial charge is 0.222 e. The van der Waals surface area contributed by atoms with Crippen LogP contribution in [0.15, 0.2) is 29.6 Å². The van der Waals surface area contributed by atoms with Crippen molar-refractivity contribution in [2.75, 3.05) is 18.8 Å². The first-order chi connectivity index (χ1) is 11.6. The highest BCUT2D eigenvalue weighted by Crippen LogP contribution is 2.21. The van der Waals surface area contributed by atoms with Crippen LogP contribution in [0.1, 0.15) is 25.0 Å². The van der Waals surface area contributed by atoms with E-state index in [4.69, 9.17) is 22.1 Å². The Bertz CT molecular complexity index is 681. The molecule has 1 fully saturated rings. The summed E-state index contributed by atoms with van der Waals surface area (Å²) in [5, 5.41) is 3.16. The molecule has 2 N–H and O–H groups in total. The Labute approximate surface area is 150 Å². The van der Waals surface area contributed by atoms with E-state index in [9.17, 15) is 4.79 Å². The number of carbonyl (C=O) groups excluding carboxylic acids is 1. The fourth-order valence-corrected chi connectivity index (χ4v) is 3.48. The molecule has 0 atom stereocenters. The van der Waals surface area contributed by atoms with Gasteiger partial charge < -0.3 is 15.4 Å². The first kappa shape index (κ1) is 17.0. The highest BCUT2D eigenvalue weighted by atomic mass is 35.5. The maximum Gasteiger partial charge on any atom is 0.222 e. The zero-order valence-electron chi connectivity index (χ0n) is 13.3. The topological polar surface area (TPSA) is 68.5 Å². The van der Waals surface area contributed by atoms with Crippen LogP contribution in [0.2, 0.25) is 5.02 Å². The minimum Gasteiger partial charge on any atom is -0.490 e. The van der Waals surface area contributed by atoms with Crippen molar-refractivity contribution < 1.29 is 9.53 Å². The number of benzene rings is 1. The van der Waals surface area contributed by atoms with E-state index in [-0.39, 0.29) is 12.0 Å². The Balaban J connectivity index is 1.42. The maximum atomic E-state index is 12.3. The van der Waals surface area contributed by atoms with Gasteiger partial charge in [0.25, 0.3) is 0 Å². The van der Waals surface area contributed by atoms with Gasteiger partial charge in [0.15, 0.2) is 5.13 Å². The van der Waals surface area contributed by atoms with Crippen molar-refractivity contribution in [3.05, 3.63) is 40.4 Å². The highest BCUT2D eigenvalue weighted by Gasteiger charge is 2.23. The number of halogens is 1. The van der Waals surface area contributed by atoms with Crippen LogP contribution in [-0.4, -0.2) is 35.0 Å². The van der Waals surface area contributed by atoms with Gasteiger partial charge in [-0.05, 0) is 30.7 Å². The number of ether oxygens (including phenoxy) is 1. The molecule has 7 heteroatoms. The van der Waals surface area contributed by atoms with Crippen molar-refractivity contribution in [3.63, 3.8) is 0 Å². The molecule has 0 spiro atoms. The van der Waals surface area contributed by atoms with Gasteiger partial charge in [0.1, 0.15) is 11.9 Å². The Morgan fingerprint density at radius 2 is 2.04 bits per heavy atom. The predicted octanol–water partition coefficient (Wildman–Crippen LogP) is 3.38. The minimum atomic E-state index is 0.147. The van der Waals surface area contributed by atoms with Crippen LogP contribution in [0.5, 0.6) is 5.75 Å². The van der Waals surface area contributed by atoms with Crippen molar-refractivity contribution in [2.24, 2.45) is 0 Å². The largest absolute Gasteiger partial charge is 0.490 e. The lowest BCUT2D eigenvalue weighted by molar-refractivity contribution is -0.132. The molecular weight excluding hydrogens is 346 g/mol. The zero-order valence-corrected chi connectivity index (χ0v) is 14.9. The van der Waals surface area contributed by atoms with Gasteiger partial charge in [0, 0.05) is 42.8 Å². The Morgan fingerprint density at radius 3 is 2.67 bits per heavy atom. The Morgan fingerprint density at radius 1 is 1.33 bits per heavy atom. The molecule has 1 aromatic carbocycles. The second kappa shape index (κ2) is 7.85. The van der Waals surface area contributed by atoms with Crippen LogP contribution in [0.25, 0.3) is 0 Å². The second-order valence-corrected chi connectivity index (χ2v) is 7.16. The molecule has 2 aromatic rings. The van der Waals surface area contributed by atoms with E-state index >= 15 is 0 Å². The molecule has 0 saturated carbocycles. The minimum absolute atomic E-state index is 0.147. The first-order valence-corrected chi connectivity index (χ1v) is 9.26. The monoisotopic (exact) mass is 365 g/mol. The van der Waals surface area contributed by atoms with E-state index in [1.165, 1.54) is 11.3 Å². The summed E-state index contributed by atoms with van der Waals surface area (Å²) in [5.41, 5.74) is 6.50. The number of rotatable bonds is 5. The summed E-state index contributed by atoms with van der Waals surface area (Å²) < 4.78 is 5.95. The van der Waals surface area contributed by atoms with Crippen molar-refractivity contribution in [1.29, 1.82) is 0 Å². The number of piperidine rings is 1. The third-order valence-corrected chi connectivity index (χ3v) is 5.05. The standard InChI is InChI=1S/C17H20ClN3O2S/c18-12-1-4-14(5-2-12)23-15-7-9-21(10-8-15)16(22)6-3-13-11-24-17(19)20-13/h1-2,4-5,11,15H,3,6-10H2,(H2,19,20). The van der Waals surface area contributed by atoms with Crippen LogP contribution in [0.3, 0.4) is 0 Å². The number of carbonyl (C=O) groups is 1. The summed E-state index contributed by atoms with van der Waals surface area (Å²) in [6.07, 6.45) is 2.96. The summed E-state index contributed by atoms with van der Waals surface area (Å²) >= 11 is 7.28. The number of aryl methyl sites for hydroxylation is 1. The molecule has 1 aliphatic heterocycles. The van der Waals surface area contributed by atoms with Crippen LogP contribution >= 0.6 is 22.9 Å². The number of amides is 1. The average molecular weight is 366 g/mol. The molecule has 0 unspecified atom stereocenters. The molecule has 1 saturated heterocycles. The van der Waals surface area contributed by atoms with E-state index in [2.05, 4.69) is 4.98 Å². The Hall–Kier alpha value is -1.79. The van der Waals surface area contributed by atoms with Gasteiger partial charge in [-0.1, -0.05) is 11.6 Å². The van der Waals surface area contributed by atoms with Crippen LogP contribution in [0, 0.1) is 0 Å². The Kier molecular flexibility index (Phi) is 5.58. The number of likely N-dealkylation sites (tertiary alicyclic amines) is 1. The van der Waals surface area contributed by atoms with Gasteiger partial charge in [0.2, 0.25) is 5.91 Å². The SMILES string of the molecule is Nc1nc(CCC(=O)N2CCC(Oc3ccc(Cl)cc3)CC2)cs1. The number of hydrogen-bond acceptors (Lipinski definition) is 5. The summed E-state index contributed by atoms with van der Waals surface area (Å²) in [6.45, 7) is 1.46. The van der Waals surface area contributed by atoms with Crippen LogP contribution in [0.4, 0.5) is 5.13 Å². The summed E-state index contributed by atoms with van der Waals surface area (Å²) in [5.74, 6) is 0.997. The molecule has 24 heavy (non-hydrogen) atoms. The molecular formula is C17H20ClN3O2S. The van der Waals surface area contributed by atoms with E-state index in [0.717, 1.165) is 37.4 Å². The number of hydrogen-bond donors (Lipinski definition) is 1. The van der Waals surface area contributed by atoms with E-state index in [1.807, 2.05) is 34.5 Å². The fraction of sp³-hybridized carbons (Fsp3) is 0.412. The molecule has 1 aromatic heterocycles. The van der Waals surface area contributed by atoms with Gasteiger partial charge in [-0.15, -0.1) is 11.3 Å². The van der Waals surface area contributed by atoms with Crippen molar-refractivity contribution >= 4 is 34.0 Å². The van der Waals surface area contributed by atoms with Gasteiger partial charge in [0.05, 0.1) is 5.69 Å². The number of anilines is 1. The van der Waals surface area contributed by atoms with E-state index in [0.29, 0.717) is 23.0 Å². The number of nitrogens with zero attached hydrogens (tertiary/aromatic N) is 2. The van der Waals surface area contributed by atoms with Crippen molar-refractivity contribution in [1.82, 2.24) is 9.88 Å². The van der Waals surface area contributed by atoms with Gasteiger partial charge in [-0.2, -0.15) is 0 Å². The molecule has 0 radical (unpaired) electrons. The summed E-state index contributed by atoms with van der Waals surface area (Å²) in [7, 11) is 0. The summed E-state index contributed by atoms with van der Waals surface area (Å²) in [6, 6.07) is 7.39. The number of aromatic nitrogens is 1. The number of thiazole rings is 1. The van der Waals surface area contributed by atoms with E-state index in [1.54, 1.807) is 0 Å². The molecule has 128 valence electrons. The van der Waals surface area contributed by atoms with Gasteiger partial charge in [-0.3, -0.25) is 4.79 Å². The normalized spacial score (nSPS) is 15.5. The van der Waals surface area contributed by atoms with Gasteiger partial charge in [-0.25, -0.2) is 4.98 Å². The number of nitrogen functional groups attached to an aromatic ring is 1. The first-order valence-electron chi connectivity index (χ1n) is 8.00. The maximum absolute atomic E-state index is 12.3. The zero-order chi connectivity index (χ0) is 16.9. The van der Waals surface area contributed by atoms with Gasteiger partial charge >= 0.3 is 0 Å². The lowest BCUT2D eigenvalue weighted by Gasteiger charge is -2.32. The van der Waals surface area contributed by atoms with Crippen LogP contribution in [-0.2, 0) is 11.2 Å². The van der Waals surface area contributed by atoms with Crippen molar-refractivity contribution in [2.45, 2.75) is 31.8 Å². The van der Waals surface area contributed by atoms with Crippen molar-refractivity contribution in [3.8, 4) is 5.75 Å². The second-order valence-electron chi connectivity index (χ2n) is 5.83. The quantitative estimate of drug-likeness (QED) is 0.881. The average Bonchev–Trinajstić information content (AvgIpc) is 3.01. The molecule has 1 amide bonds. The lowest BCUT2D eigenvalue weighted by Crippen LogP contribution is -2.41.